The number of halogens is 2. The predicted octanol–water partition coefficient (Wildman–Crippen LogP) is 3.31. The molecule has 1 aromatic carbocycles. The van der Waals surface area contributed by atoms with Gasteiger partial charge >= 0.3 is 0 Å². The van der Waals surface area contributed by atoms with Gasteiger partial charge in [0.05, 0.1) is 6.04 Å². The maximum atomic E-state index is 5.70. The lowest BCUT2D eigenvalue weighted by atomic mass is 10.00. The number of hydrogen-bond donors (Lipinski definition) is 2. The van der Waals surface area contributed by atoms with E-state index in [0.29, 0.717) is 0 Å². The van der Waals surface area contributed by atoms with Gasteiger partial charge in [0, 0.05) is 20.4 Å². The predicted molar refractivity (Wildman–Crippen MR) is 85.0 cm³/mol. The molecule has 3 N–H and O–H groups in total. The molecule has 1 unspecified atom stereocenters. The van der Waals surface area contributed by atoms with Crippen LogP contribution in [0.1, 0.15) is 22.7 Å². The van der Waals surface area contributed by atoms with Crippen molar-refractivity contribution in [1.82, 2.24) is 10.4 Å². The van der Waals surface area contributed by atoms with Crippen molar-refractivity contribution in [3.8, 4) is 0 Å². The zero-order valence-electron chi connectivity index (χ0n) is 9.82. The first-order chi connectivity index (χ1) is 8.61. The van der Waals surface area contributed by atoms with E-state index in [1.165, 1.54) is 3.57 Å². The third-order valence-corrected chi connectivity index (χ3v) is 4.06. The van der Waals surface area contributed by atoms with E-state index in [-0.39, 0.29) is 6.04 Å². The Morgan fingerprint density at radius 3 is 2.78 bits per heavy atom. The number of benzene rings is 1. The molecule has 18 heavy (non-hydrogen) atoms. The van der Waals surface area contributed by atoms with Crippen LogP contribution in [0.5, 0.6) is 0 Å². The molecule has 0 aliphatic heterocycles. The lowest BCUT2D eigenvalue weighted by molar-refractivity contribution is 0.631. The quantitative estimate of drug-likeness (QED) is 0.457. The third-order valence-electron chi connectivity index (χ3n) is 2.67. The molecule has 1 aromatic heterocycles. The van der Waals surface area contributed by atoms with Crippen molar-refractivity contribution >= 4 is 38.5 Å². The molecule has 0 fully saturated rings. The van der Waals surface area contributed by atoms with Gasteiger partial charge in [-0.3, -0.25) is 10.8 Å². The zero-order valence-corrected chi connectivity index (χ0v) is 13.6. The van der Waals surface area contributed by atoms with E-state index in [9.17, 15) is 0 Å². The number of nitrogens with one attached hydrogen (secondary N) is 1. The highest BCUT2D eigenvalue weighted by atomic mass is 127. The average Bonchev–Trinajstić information content (AvgIpc) is 2.35. The lowest BCUT2D eigenvalue weighted by Crippen LogP contribution is -2.29. The fourth-order valence-corrected chi connectivity index (χ4v) is 2.83. The SMILES string of the molecule is Cc1cncc(C(NN)c2cc(I)ccc2Br)c1. The van der Waals surface area contributed by atoms with Gasteiger partial charge in [-0.2, -0.15) is 0 Å². The number of nitrogens with zero attached hydrogens (tertiary/aromatic N) is 1. The van der Waals surface area contributed by atoms with Crippen LogP contribution in [0.2, 0.25) is 0 Å². The molecule has 1 atom stereocenters. The fraction of sp³-hybridized carbons (Fsp3) is 0.154. The van der Waals surface area contributed by atoms with Crippen molar-refractivity contribution in [3.63, 3.8) is 0 Å². The first kappa shape index (κ1) is 13.9. The van der Waals surface area contributed by atoms with Crippen LogP contribution in [0.15, 0.2) is 41.1 Å². The number of aryl methyl sites for hydroxylation is 1. The summed E-state index contributed by atoms with van der Waals surface area (Å²) in [4.78, 5) is 4.22. The van der Waals surface area contributed by atoms with Crippen molar-refractivity contribution in [1.29, 1.82) is 0 Å². The molecule has 0 spiro atoms. The van der Waals surface area contributed by atoms with Crippen LogP contribution in [-0.4, -0.2) is 4.98 Å². The summed E-state index contributed by atoms with van der Waals surface area (Å²) in [5.74, 6) is 5.70. The van der Waals surface area contributed by atoms with Crippen molar-refractivity contribution < 1.29 is 0 Å². The molecule has 0 aliphatic rings. The van der Waals surface area contributed by atoms with Gasteiger partial charge in [-0.25, -0.2) is 5.43 Å². The van der Waals surface area contributed by atoms with Gasteiger partial charge in [-0.05, 0) is 64.4 Å². The highest BCUT2D eigenvalue weighted by Crippen LogP contribution is 2.29. The average molecular weight is 418 g/mol. The number of hydrogen-bond acceptors (Lipinski definition) is 3. The van der Waals surface area contributed by atoms with Gasteiger partial charge in [-0.15, -0.1) is 0 Å². The zero-order chi connectivity index (χ0) is 13.1. The van der Waals surface area contributed by atoms with Crippen LogP contribution < -0.4 is 11.3 Å². The van der Waals surface area contributed by atoms with Crippen molar-refractivity contribution in [2.75, 3.05) is 0 Å². The molecule has 5 heteroatoms. The molecular formula is C13H13BrIN3. The Balaban J connectivity index is 2.48. The second-order valence-corrected chi connectivity index (χ2v) is 6.16. The molecule has 0 radical (unpaired) electrons. The van der Waals surface area contributed by atoms with Gasteiger partial charge in [0.25, 0.3) is 0 Å². The molecule has 0 aliphatic carbocycles. The molecule has 0 saturated heterocycles. The minimum Gasteiger partial charge on any atom is -0.271 e. The summed E-state index contributed by atoms with van der Waals surface area (Å²) < 4.78 is 2.21. The Morgan fingerprint density at radius 1 is 1.33 bits per heavy atom. The summed E-state index contributed by atoms with van der Waals surface area (Å²) in [6.07, 6.45) is 3.67. The summed E-state index contributed by atoms with van der Waals surface area (Å²) in [5.41, 5.74) is 6.14. The van der Waals surface area contributed by atoms with E-state index in [2.05, 4.69) is 67.1 Å². The maximum absolute atomic E-state index is 5.70. The van der Waals surface area contributed by atoms with Crippen molar-refractivity contribution in [2.24, 2.45) is 5.84 Å². The Kier molecular flexibility index (Phi) is 4.71. The lowest BCUT2D eigenvalue weighted by Gasteiger charge is -2.18. The Hall–Kier alpha value is -0.500. The highest BCUT2D eigenvalue weighted by Gasteiger charge is 2.16. The molecule has 94 valence electrons. The van der Waals surface area contributed by atoms with Crippen molar-refractivity contribution in [2.45, 2.75) is 13.0 Å². The van der Waals surface area contributed by atoms with Gasteiger partial charge in [0.15, 0.2) is 0 Å². The van der Waals surface area contributed by atoms with E-state index in [1.807, 2.05) is 25.4 Å². The standard InChI is InChI=1S/C13H13BrIN3/c1-8-4-9(7-17-6-8)13(18-16)11-5-10(15)2-3-12(11)14/h2-7,13,18H,16H2,1H3. The maximum Gasteiger partial charge on any atom is 0.0736 e. The fourth-order valence-electron chi connectivity index (χ4n) is 1.84. The number of rotatable bonds is 3. The van der Waals surface area contributed by atoms with Crippen LogP contribution in [-0.2, 0) is 0 Å². The van der Waals surface area contributed by atoms with Gasteiger partial charge < -0.3 is 0 Å². The van der Waals surface area contributed by atoms with Crippen LogP contribution in [0.3, 0.4) is 0 Å². The molecule has 0 saturated carbocycles. The molecule has 0 amide bonds. The summed E-state index contributed by atoms with van der Waals surface area (Å²) in [6, 6.07) is 8.21. The number of hydrazine groups is 1. The number of pyridine rings is 1. The summed E-state index contributed by atoms with van der Waals surface area (Å²) >= 11 is 5.86. The van der Waals surface area contributed by atoms with Crippen LogP contribution in [0.25, 0.3) is 0 Å². The molecule has 0 bridgehead atoms. The minimum absolute atomic E-state index is 0.0681. The van der Waals surface area contributed by atoms with Gasteiger partial charge in [-0.1, -0.05) is 22.0 Å². The Morgan fingerprint density at radius 2 is 2.11 bits per heavy atom. The van der Waals surface area contributed by atoms with E-state index in [1.54, 1.807) is 0 Å². The monoisotopic (exact) mass is 417 g/mol. The molecule has 2 rings (SSSR count). The summed E-state index contributed by atoms with van der Waals surface area (Å²) in [6.45, 7) is 2.02. The van der Waals surface area contributed by atoms with Crippen LogP contribution in [0.4, 0.5) is 0 Å². The second-order valence-electron chi connectivity index (χ2n) is 4.06. The molecule has 2 aromatic rings. The highest BCUT2D eigenvalue weighted by molar-refractivity contribution is 14.1. The largest absolute Gasteiger partial charge is 0.271 e. The summed E-state index contributed by atoms with van der Waals surface area (Å²) in [5, 5.41) is 0. The third kappa shape index (κ3) is 3.09. The number of aromatic nitrogens is 1. The van der Waals surface area contributed by atoms with Crippen molar-refractivity contribution in [3.05, 3.63) is 61.4 Å². The normalized spacial score (nSPS) is 12.4. The first-order valence-electron chi connectivity index (χ1n) is 5.44. The van der Waals surface area contributed by atoms with Crippen LogP contribution in [0, 0.1) is 10.5 Å². The topological polar surface area (TPSA) is 50.9 Å². The van der Waals surface area contributed by atoms with Crippen LogP contribution >= 0.6 is 38.5 Å². The first-order valence-corrected chi connectivity index (χ1v) is 7.31. The Labute approximate surface area is 128 Å². The van der Waals surface area contributed by atoms with E-state index >= 15 is 0 Å². The number of nitrogens with two attached hydrogens (primary N) is 1. The molecule has 3 nitrogen and oxygen atoms in total. The summed E-state index contributed by atoms with van der Waals surface area (Å²) in [7, 11) is 0. The smallest absolute Gasteiger partial charge is 0.0736 e. The van der Waals surface area contributed by atoms with E-state index in [4.69, 9.17) is 5.84 Å². The molecular weight excluding hydrogens is 405 g/mol. The minimum atomic E-state index is -0.0681. The second kappa shape index (κ2) is 6.10. The van der Waals surface area contributed by atoms with E-state index < -0.39 is 0 Å². The Bertz CT molecular complexity index is 560. The van der Waals surface area contributed by atoms with Gasteiger partial charge in [0.1, 0.15) is 0 Å². The van der Waals surface area contributed by atoms with Gasteiger partial charge in [0.2, 0.25) is 0 Å². The van der Waals surface area contributed by atoms with E-state index in [0.717, 1.165) is 21.2 Å². The molecule has 1 heterocycles.